The third kappa shape index (κ3) is 2.65. The minimum atomic E-state index is -3.74. The van der Waals surface area contributed by atoms with Crippen LogP contribution in [0.2, 0.25) is 0 Å². The first-order valence-electron chi connectivity index (χ1n) is 5.78. The van der Waals surface area contributed by atoms with Crippen molar-refractivity contribution >= 4 is 16.0 Å². The van der Waals surface area contributed by atoms with E-state index in [4.69, 9.17) is 14.3 Å². The highest BCUT2D eigenvalue weighted by molar-refractivity contribution is 7.89. The number of morpholine rings is 1. The number of carbonyl (C=O) groups is 1. The second kappa shape index (κ2) is 4.95. The van der Waals surface area contributed by atoms with E-state index >= 15 is 0 Å². The van der Waals surface area contributed by atoms with Gasteiger partial charge in [-0.25, -0.2) is 13.2 Å². The predicted molar refractivity (Wildman–Crippen MR) is 64.6 cm³/mol. The fourth-order valence-electron chi connectivity index (χ4n) is 1.97. The number of aryl methyl sites for hydroxylation is 1. The molecule has 0 amide bonds. The number of aromatic carboxylic acids is 1. The van der Waals surface area contributed by atoms with Crippen LogP contribution < -0.4 is 0 Å². The van der Waals surface area contributed by atoms with Crippen LogP contribution in [-0.2, 0) is 14.8 Å². The van der Waals surface area contributed by atoms with Crippen molar-refractivity contribution in [1.82, 2.24) is 4.31 Å². The van der Waals surface area contributed by atoms with Crippen LogP contribution in [0.5, 0.6) is 0 Å². The maximum atomic E-state index is 12.4. The smallest absolute Gasteiger partial charge is 0.371 e. The Hall–Kier alpha value is -1.38. The number of carboxylic acids is 1. The zero-order chi connectivity index (χ0) is 14.2. The van der Waals surface area contributed by atoms with Crippen molar-refractivity contribution in [2.75, 3.05) is 19.7 Å². The summed E-state index contributed by atoms with van der Waals surface area (Å²) in [4.78, 5) is 10.7. The number of nitrogens with zero attached hydrogens (tertiary/aromatic N) is 1. The van der Waals surface area contributed by atoms with Crippen LogP contribution in [-0.4, -0.2) is 49.6 Å². The summed E-state index contributed by atoms with van der Waals surface area (Å²) in [6.07, 6.45) is -0.185. The molecule has 1 aliphatic rings. The summed E-state index contributed by atoms with van der Waals surface area (Å²) in [5, 5.41) is 8.82. The Labute approximate surface area is 110 Å². The van der Waals surface area contributed by atoms with Gasteiger partial charge in [0.25, 0.3) is 0 Å². The Morgan fingerprint density at radius 1 is 1.53 bits per heavy atom. The second-order valence-corrected chi connectivity index (χ2v) is 6.29. The molecular formula is C11H15NO6S. The molecule has 1 atom stereocenters. The van der Waals surface area contributed by atoms with E-state index in [9.17, 15) is 13.2 Å². The van der Waals surface area contributed by atoms with Crippen molar-refractivity contribution in [3.63, 3.8) is 0 Å². The summed E-state index contributed by atoms with van der Waals surface area (Å²) in [5.41, 5.74) is 0. The SMILES string of the molecule is Cc1oc(C(=O)O)cc1S(=O)(=O)N1CCOC(C)C1. The molecular weight excluding hydrogens is 274 g/mol. The maximum absolute atomic E-state index is 12.4. The number of hydrogen-bond donors (Lipinski definition) is 1. The molecule has 8 heteroatoms. The molecule has 1 unspecified atom stereocenters. The zero-order valence-corrected chi connectivity index (χ0v) is 11.4. The van der Waals surface area contributed by atoms with Gasteiger partial charge in [0, 0.05) is 19.2 Å². The minimum Gasteiger partial charge on any atom is -0.475 e. The standard InChI is InChI=1S/C11H15NO6S/c1-7-6-12(3-4-17-7)19(15,16)10-5-9(11(13)14)18-8(10)2/h5,7H,3-4,6H2,1-2H3,(H,13,14). The quantitative estimate of drug-likeness (QED) is 0.879. The van der Waals surface area contributed by atoms with Crippen LogP contribution in [0.1, 0.15) is 23.2 Å². The number of sulfonamides is 1. The van der Waals surface area contributed by atoms with Gasteiger partial charge in [-0.05, 0) is 13.8 Å². The maximum Gasteiger partial charge on any atom is 0.371 e. The normalized spacial score (nSPS) is 21.5. The van der Waals surface area contributed by atoms with Crippen LogP contribution in [0.3, 0.4) is 0 Å². The lowest BCUT2D eigenvalue weighted by Gasteiger charge is -2.29. The molecule has 0 saturated carbocycles. The molecule has 19 heavy (non-hydrogen) atoms. The molecule has 0 radical (unpaired) electrons. The first kappa shape index (κ1) is 14.0. The van der Waals surface area contributed by atoms with Gasteiger partial charge < -0.3 is 14.3 Å². The molecule has 1 fully saturated rings. The van der Waals surface area contributed by atoms with Crippen LogP contribution in [0.25, 0.3) is 0 Å². The molecule has 1 aromatic rings. The van der Waals surface area contributed by atoms with Gasteiger partial charge >= 0.3 is 5.97 Å². The first-order valence-corrected chi connectivity index (χ1v) is 7.22. The lowest BCUT2D eigenvalue weighted by Crippen LogP contribution is -2.44. The molecule has 1 aromatic heterocycles. The topological polar surface area (TPSA) is 97.0 Å². The van der Waals surface area contributed by atoms with Gasteiger partial charge in [-0.2, -0.15) is 4.31 Å². The fourth-order valence-corrected chi connectivity index (χ4v) is 3.63. The van der Waals surface area contributed by atoms with E-state index in [-0.39, 0.29) is 35.6 Å². The third-order valence-electron chi connectivity index (χ3n) is 2.90. The molecule has 0 bridgehead atoms. The van der Waals surface area contributed by atoms with Gasteiger partial charge in [-0.1, -0.05) is 0 Å². The second-order valence-electron chi connectivity index (χ2n) is 4.38. The van der Waals surface area contributed by atoms with E-state index in [2.05, 4.69) is 0 Å². The first-order chi connectivity index (χ1) is 8.82. The van der Waals surface area contributed by atoms with Crippen molar-refractivity contribution in [3.8, 4) is 0 Å². The Morgan fingerprint density at radius 3 is 2.74 bits per heavy atom. The Balaban J connectivity index is 2.36. The van der Waals surface area contributed by atoms with Crippen LogP contribution in [0, 0.1) is 6.92 Å². The summed E-state index contributed by atoms with van der Waals surface area (Å²) >= 11 is 0. The van der Waals surface area contributed by atoms with E-state index in [0.717, 1.165) is 6.07 Å². The Kier molecular flexibility index (Phi) is 3.66. The Morgan fingerprint density at radius 2 is 2.21 bits per heavy atom. The number of ether oxygens (including phenoxy) is 1. The van der Waals surface area contributed by atoms with Gasteiger partial charge in [0.15, 0.2) is 0 Å². The van der Waals surface area contributed by atoms with E-state index < -0.39 is 16.0 Å². The average molecular weight is 289 g/mol. The molecule has 1 N–H and O–H groups in total. The summed E-state index contributed by atoms with van der Waals surface area (Å²) < 4.78 is 36.3. The van der Waals surface area contributed by atoms with E-state index in [1.807, 2.05) is 0 Å². The summed E-state index contributed by atoms with van der Waals surface area (Å²) in [6, 6.07) is 1.05. The van der Waals surface area contributed by atoms with Crippen LogP contribution in [0.4, 0.5) is 0 Å². The molecule has 2 heterocycles. The number of carboxylic acid groups (broad SMARTS) is 1. The molecule has 2 rings (SSSR count). The number of rotatable bonds is 3. The molecule has 7 nitrogen and oxygen atoms in total. The van der Waals surface area contributed by atoms with Crippen molar-refractivity contribution in [2.45, 2.75) is 24.8 Å². The number of hydrogen-bond acceptors (Lipinski definition) is 5. The van der Waals surface area contributed by atoms with Crippen molar-refractivity contribution < 1.29 is 27.5 Å². The van der Waals surface area contributed by atoms with Crippen molar-refractivity contribution in [3.05, 3.63) is 17.6 Å². The molecule has 0 spiro atoms. The molecule has 0 aromatic carbocycles. The highest BCUT2D eigenvalue weighted by Crippen LogP contribution is 2.25. The molecule has 1 aliphatic heterocycles. The number of furan rings is 1. The molecule has 0 aliphatic carbocycles. The summed E-state index contributed by atoms with van der Waals surface area (Å²) in [6.45, 7) is 4.04. The van der Waals surface area contributed by atoms with Gasteiger partial charge in [0.05, 0.1) is 12.7 Å². The van der Waals surface area contributed by atoms with Crippen LogP contribution in [0.15, 0.2) is 15.4 Å². The highest BCUT2D eigenvalue weighted by atomic mass is 32.2. The van der Waals surface area contributed by atoms with Gasteiger partial charge in [0.1, 0.15) is 10.7 Å². The predicted octanol–water partition coefficient (Wildman–Crippen LogP) is 0.696. The minimum absolute atomic E-state index is 0.0801. The van der Waals surface area contributed by atoms with Gasteiger partial charge in [-0.15, -0.1) is 0 Å². The van der Waals surface area contributed by atoms with Gasteiger partial charge in [0.2, 0.25) is 15.8 Å². The Bertz CT molecular complexity index is 590. The van der Waals surface area contributed by atoms with E-state index in [1.54, 1.807) is 6.92 Å². The third-order valence-corrected chi connectivity index (χ3v) is 4.88. The van der Waals surface area contributed by atoms with E-state index in [1.165, 1.54) is 11.2 Å². The summed E-state index contributed by atoms with van der Waals surface area (Å²) in [7, 11) is -3.74. The van der Waals surface area contributed by atoms with Crippen LogP contribution >= 0.6 is 0 Å². The fraction of sp³-hybridized carbons (Fsp3) is 0.545. The van der Waals surface area contributed by atoms with Crippen molar-refractivity contribution in [2.24, 2.45) is 0 Å². The monoisotopic (exact) mass is 289 g/mol. The average Bonchev–Trinajstić information content (AvgIpc) is 2.72. The van der Waals surface area contributed by atoms with Crippen molar-refractivity contribution in [1.29, 1.82) is 0 Å². The lowest BCUT2D eigenvalue weighted by molar-refractivity contribution is 0.0101. The van der Waals surface area contributed by atoms with E-state index in [0.29, 0.717) is 6.61 Å². The molecule has 1 saturated heterocycles. The highest BCUT2D eigenvalue weighted by Gasteiger charge is 2.32. The molecule has 106 valence electrons. The summed E-state index contributed by atoms with van der Waals surface area (Å²) in [5.74, 6) is -1.59. The zero-order valence-electron chi connectivity index (χ0n) is 10.6. The largest absolute Gasteiger partial charge is 0.475 e. The lowest BCUT2D eigenvalue weighted by atomic mass is 10.3. The van der Waals surface area contributed by atoms with Gasteiger partial charge in [-0.3, -0.25) is 0 Å².